The van der Waals surface area contributed by atoms with Crippen molar-refractivity contribution in [3.63, 3.8) is 0 Å². The van der Waals surface area contributed by atoms with E-state index in [4.69, 9.17) is 4.74 Å². The van der Waals surface area contributed by atoms with E-state index in [0.717, 1.165) is 19.0 Å². The number of piperidine rings is 1. The first-order valence-electron chi connectivity index (χ1n) is 8.79. The zero-order valence-corrected chi connectivity index (χ0v) is 15.2. The van der Waals surface area contributed by atoms with Crippen LogP contribution in [0.25, 0.3) is 0 Å². The smallest absolute Gasteiger partial charge is 0.433 e. The average Bonchev–Trinajstić information content (AvgIpc) is 2.96. The van der Waals surface area contributed by atoms with Crippen molar-refractivity contribution in [2.24, 2.45) is 11.8 Å². The molecule has 5 nitrogen and oxygen atoms in total. The summed E-state index contributed by atoms with van der Waals surface area (Å²) in [5, 5.41) is 0. The van der Waals surface area contributed by atoms with E-state index in [1.54, 1.807) is 4.90 Å². The molecule has 2 atom stereocenters. The quantitative estimate of drug-likeness (QED) is 0.753. The van der Waals surface area contributed by atoms with Crippen molar-refractivity contribution in [1.29, 1.82) is 0 Å². The van der Waals surface area contributed by atoms with Gasteiger partial charge in [0.25, 0.3) is 0 Å². The van der Waals surface area contributed by atoms with Crippen LogP contribution in [-0.2, 0) is 10.9 Å². The molecule has 2 aliphatic rings. The van der Waals surface area contributed by atoms with Gasteiger partial charge in [-0.2, -0.15) is 13.2 Å². The maximum atomic E-state index is 12.6. The molecule has 0 spiro atoms. The molecule has 1 aromatic rings. The maximum Gasteiger partial charge on any atom is 0.433 e. The van der Waals surface area contributed by atoms with Crippen LogP contribution in [0.1, 0.15) is 32.9 Å². The lowest BCUT2D eigenvalue weighted by Crippen LogP contribution is -2.40. The SMILES string of the molecule is CC(C)(C)OC(=O)N1C[C@@H]2CCN(c3ccc(C(F)(F)F)nc3)C[C@@H]2C1. The summed E-state index contributed by atoms with van der Waals surface area (Å²) >= 11 is 0. The Kier molecular flexibility index (Phi) is 4.79. The number of halogens is 3. The van der Waals surface area contributed by atoms with Gasteiger partial charge in [0.05, 0.1) is 11.9 Å². The number of alkyl halides is 3. The van der Waals surface area contributed by atoms with Gasteiger partial charge >= 0.3 is 12.3 Å². The molecule has 26 heavy (non-hydrogen) atoms. The summed E-state index contributed by atoms with van der Waals surface area (Å²) in [7, 11) is 0. The lowest BCUT2D eigenvalue weighted by Gasteiger charge is -2.35. The highest BCUT2D eigenvalue weighted by Crippen LogP contribution is 2.34. The molecule has 0 radical (unpaired) electrons. The number of hydrogen-bond donors (Lipinski definition) is 0. The summed E-state index contributed by atoms with van der Waals surface area (Å²) < 4.78 is 43.4. The van der Waals surface area contributed by atoms with E-state index in [1.165, 1.54) is 12.3 Å². The predicted molar refractivity (Wildman–Crippen MR) is 90.9 cm³/mol. The Morgan fingerprint density at radius 1 is 1.15 bits per heavy atom. The molecule has 0 N–H and O–H groups in total. The normalized spacial score (nSPS) is 23.8. The molecule has 1 aromatic heterocycles. The zero-order chi connectivity index (χ0) is 19.1. The minimum absolute atomic E-state index is 0.290. The molecule has 1 amide bonds. The topological polar surface area (TPSA) is 45.7 Å². The van der Waals surface area contributed by atoms with Crippen molar-refractivity contribution in [1.82, 2.24) is 9.88 Å². The van der Waals surface area contributed by atoms with Crippen molar-refractivity contribution >= 4 is 11.8 Å². The molecule has 144 valence electrons. The second-order valence-electron chi connectivity index (χ2n) is 8.04. The van der Waals surface area contributed by atoms with Gasteiger partial charge in [0.15, 0.2) is 0 Å². The fourth-order valence-corrected chi connectivity index (χ4v) is 3.62. The first kappa shape index (κ1) is 18.8. The van der Waals surface area contributed by atoms with E-state index < -0.39 is 17.5 Å². The van der Waals surface area contributed by atoms with E-state index in [-0.39, 0.29) is 6.09 Å². The summed E-state index contributed by atoms with van der Waals surface area (Å²) in [4.78, 5) is 19.6. The summed E-state index contributed by atoms with van der Waals surface area (Å²) in [5.74, 6) is 0.694. The first-order valence-corrected chi connectivity index (χ1v) is 8.79. The van der Waals surface area contributed by atoms with E-state index in [9.17, 15) is 18.0 Å². The molecule has 8 heteroatoms. The zero-order valence-electron chi connectivity index (χ0n) is 15.2. The van der Waals surface area contributed by atoms with Gasteiger partial charge in [-0.05, 0) is 51.2 Å². The number of fused-ring (bicyclic) bond motifs is 1. The van der Waals surface area contributed by atoms with Crippen LogP contribution in [0.2, 0.25) is 0 Å². The number of likely N-dealkylation sites (tertiary alicyclic amines) is 1. The maximum absolute atomic E-state index is 12.6. The van der Waals surface area contributed by atoms with Crippen LogP contribution in [0, 0.1) is 11.8 Å². The number of hydrogen-bond acceptors (Lipinski definition) is 4. The molecule has 0 bridgehead atoms. The van der Waals surface area contributed by atoms with Gasteiger partial charge in [0.1, 0.15) is 11.3 Å². The van der Waals surface area contributed by atoms with Crippen LogP contribution in [0.15, 0.2) is 18.3 Å². The highest BCUT2D eigenvalue weighted by atomic mass is 19.4. The van der Waals surface area contributed by atoms with Gasteiger partial charge in [0, 0.05) is 26.2 Å². The number of pyridine rings is 1. The van der Waals surface area contributed by atoms with Gasteiger partial charge < -0.3 is 14.5 Å². The van der Waals surface area contributed by atoms with Gasteiger partial charge in [-0.1, -0.05) is 0 Å². The molecule has 2 fully saturated rings. The Hall–Kier alpha value is -1.99. The van der Waals surface area contributed by atoms with Crippen LogP contribution in [0.3, 0.4) is 0 Å². The third-order valence-corrected chi connectivity index (χ3v) is 4.86. The highest BCUT2D eigenvalue weighted by Gasteiger charge is 2.40. The second kappa shape index (κ2) is 6.63. The number of carbonyl (C=O) groups is 1. The standard InChI is InChI=1S/C18H24F3N3O2/c1-17(2,3)26-16(25)24-9-12-6-7-23(10-13(12)11-24)14-4-5-15(22-8-14)18(19,20)21/h4-5,8,12-13H,6-7,9-11H2,1-3H3/t12-,13+/m0/s1. The molecule has 0 aliphatic carbocycles. The summed E-state index contributed by atoms with van der Waals surface area (Å²) in [6.45, 7) is 8.27. The molecular formula is C18H24F3N3O2. The molecule has 3 heterocycles. The molecule has 0 saturated carbocycles. The third kappa shape index (κ3) is 4.22. The Morgan fingerprint density at radius 2 is 1.85 bits per heavy atom. The van der Waals surface area contributed by atoms with Crippen LogP contribution in [-0.4, -0.2) is 47.8 Å². The molecular weight excluding hydrogens is 347 g/mol. The largest absolute Gasteiger partial charge is 0.444 e. The minimum Gasteiger partial charge on any atom is -0.444 e. The number of amides is 1. The average molecular weight is 371 g/mol. The Morgan fingerprint density at radius 3 is 2.42 bits per heavy atom. The number of carbonyl (C=O) groups excluding carboxylic acids is 1. The summed E-state index contributed by atoms with van der Waals surface area (Å²) in [6, 6.07) is 2.49. The Bertz CT molecular complexity index is 655. The van der Waals surface area contributed by atoms with Crippen molar-refractivity contribution < 1.29 is 22.7 Å². The lowest BCUT2D eigenvalue weighted by atomic mass is 9.88. The third-order valence-electron chi connectivity index (χ3n) is 4.86. The van der Waals surface area contributed by atoms with Gasteiger partial charge in [0.2, 0.25) is 0 Å². The number of anilines is 1. The molecule has 2 saturated heterocycles. The van der Waals surface area contributed by atoms with Gasteiger partial charge in [-0.3, -0.25) is 0 Å². The fourth-order valence-electron chi connectivity index (χ4n) is 3.62. The van der Waals surface area contributed by atoms with Crippen molar-refractivity contribution in [2.45, 2.75) is 39.0 Å². The Balaban J connectivity index is 1.62. The monoisotopic (exact) mass is 371 g/mol. The first-order chi connectivity index (χ1) is 12.0. The summed E-state index contributed by atoms with van der Waals surface area (Å²) in [6.07, 6.45) is -2.55. The van der Waals surface area contributed by atoms with Crippen molar-refractivity contribution in [3.8, 4) is 0 Å². The number of rotatable bonds is 1. The van der Waals surface area contributed by atoms with E-state index in [2.05, 4.69) is 4.98 Å². The van der Waals surface area contributed by atoms with E-state index in [0.29, 0.717) is 37.2 Å². The van der Waals surface area contributed by atoms with Crippen LogP contribution in [0.4, 0.5) is 23.7 Å². The number of aromatic nitrogens is 1. The van der Waals surface area contributed by atoms with Gasteiger partial charge in [-0.15, -0.1) is 0 Å². The van der Waals surface area contributed by atoms with Gasteiger partial charge in [-0.25, -0.2) is 9.78 Å². The molecule has 3 rings (SSSR count). The fraction of sp³-hybridized carbons (Fsp3) is 0.667. The molecule has 2 aliphatic heterocycles. The number of nitrogens with zero attached hydrogens (tertiary/aromatic N) is 3. The Labute approximate surface area is 151 Å². The number of ether oxygens (including phenoxy) is 1. The van der Waals surface area contributed by atoms with E-state index in [1.807, 2.05) is 25.7 Å². The van der Waals surface area contributed by atoms with Crippen LogP contribution in [0.5, 0.6) is 0 Å². The van der Waals surface area contributed by atoms with E-state index >= 15 is 0 Å². The lowest BCUT2D eigenvalue weighted by molar-refractivity contribution is -0.141. The molecule has 0 aromatic carbocycles. The predicted octanol–water partition coefficient (Wildman–Crippen LogP) is 3.79. The van der Waals surface area contributed by atoms with Crippen LogP contribution >= 0.6 is 0 Å². The van der Waals surface area contributed by atoms with Crippen LogP contribution < -0.4 is 4.90 Å². The summed E-state index contributed by atoms with van der Waals surface area (Å²) in [5.41, 5.74) is -0.719. The minimum atomic E-state index is -4.43. The van der Waals surface area contributed by atoms with Crippen molar-refractivity contribution in [3.05, 3.63) is 24.0 Å². The molecule has 0 unspecified atom stereocenters. The van der Waals surface area contributed by atoms with Crippen molar-refractivity contribution in [2.75, 3.05) is 31.1 Å². The highest BCUT2D eigenvalue weighted by molar-refractivity contribution is 5.68. The second-order valence-corrected chi connectivity index (χ2v) is 8.04.